The van der Waals surface area contributed by atoms with Gasteiger partial charge >= 0.3 is 5.97 Å². The molecule has 2 fully saturated rings. The largest absolute Gasteiger partial charge is 0.481 e. The first-order chi connectivity index (χ1) is 7.29. The maximum absolute atomic E-state index is 11.1. The number of rotatable bonds is 2. The van der Waals surface area contributed by atoms with Gasteiger partial charge in [-0.1, -0.05) is 0 Å². The van der Waals surface area contributed by atoms with Crippen molar-refractivity contribution in [1.29, 1.82) is 0 Å². The fourth-order valence-electron chi connectivity index (χ4n) is 2.85. The first kappa shape index (κ1) is 10.9. The van der Waals surface area contributed by atoms with Gasteiger partial charge < -0.3 is 15.2 Å². The minimum atomic E-state index is -0.682. The highest BCUT2D eigenvalue weighted by Gasteiger charge is 2.36. The van der Waals surface area contributed by atoms with Crippen molar-refractivity contribution in [2.24, 2.45) is 17.8 Å². The van der Waals surface area contributed by atoms with Crippen molar-refractivity contribution in [2.45, 2.75) is 19.3 Å². The standard InChI is InChI=1S/C11H19NO3/c13-11(14)10-7-15-6-3-9(10)8-1-4-12-5-2-8/h8-10,12H,1-7H2,(H,13,14)/t9-,10-/m0/s1. The highest BCUT2D eigenvalue weighted by atomic mass is 16.5. The van der Waals surface area contributed by atoms with Gasteiger partial charge in [-0.2, -0.15) is 0 Å². The molecule has 2 N–H and O–H groups in total. The summed E-state index contributed by atoms with van der Waals surface area (Å²) in [6.07, 6.45) is 3.16. The van der Waals surface area contributed by atoms with Gasteiger partial charge in [-0.25, -0.2) is 0 Å². The van der Waals surface area contributed by atoms with E-state index in [9.17, 15) is 4.79 Å². The molecule has 86 valence electrons. The zero-order valence-electron chi connectivity index (χ0n) is 8.95. The summed E-state index contributed by atoms with van der Waals surface area (Å²) in [5.74, 6) is -0.0466. The van der Waals surface area contributed by atoms with Crippen molar-refractivity contribution >= 4 is 5.97 Å². The molecular weight excluding hydrogens is 194 g/mol. The summed E-state index contributed by atoms with van der Waals surface area (Å²) in [6, 6.07) is 0. The molecule has 0 radical (unpaired) electrons. The Bertz CT molecular complexity index is 226. The summed E-state index contributed by atoms with van der Waals surface area (Å²) in [5.41, 5.74) is 0. The van der Waals surface area contributed by atoms with E-state index in [1.807, 2.05) is 0 Å². The lowest BCUT2D eigenvalue weighted by Gasteiger charge is -2.37. The molecule has 0 unspecified atom stereocenters. The van der Waals surface area contributed by atoms with Gasteiger partial charge in [-0.3, -0.25) is 4.79 Å². The van der Waals surface area contributed by atoms with E-state index in [1.165, 1.54) is 0 Å². The molecule has 2 heterocycles. The van der Waals surface area contributed by atoms with Crippen molar-refractivity contribution in [1.82, 2.24) is 5.32 Å². The number of ether oxygens (including phenoxy) is 1. The molecule has 2 rings (SSSR count). The number of hydrogen-bond acceptors (Lipinski definition) is 3. The Morgan fingerprint density at radius 1 is 1.27 bits per heavy atom. The van der Waals surface area contributed by atoms with Crippen LogP contribution in [0.25, 0.3) is 0 Å². The normalized spacial score (nSPS) is 33.9. The smallest absolute Gasteiger partial charge is 0.309 e. The monoisotopic (exact) mass is 213 g/mol. The molecule has 0 aromatic heterocycles. The number of carboxylic acids is 1. The summed E-state index contributed by atoms with van der Waals surface area (Å²) in [6.45, 7) is 3.21. The molecule has 0 spiro atoms. The van der Waals surface area contributed by atoms with Crippen LogP contribution in [0.4, 0.5) is 0 Å². The van der Waals surface area contributed by atoms with Crippen LogP contribution in [0.1, 0.15) is 19.3 Å². The number of carboxylic acid groups (broad SMARTS) is 1. The minimum absolute atomic E-state index is 0.276. The molecule has 0 bridgehead atoms. The summed E-state index contributed by atoms with van der Waals surface area (Å²) in [4.78, 5) is 11.1. The van der Waals surface area contributed by atoms with E-state index in [-0.39, 0.29) is 5.92 Å². The van der Waals surface area contributed by atoms with Crippen LogP contribution in [0.2, 0.25) is 0 Å². The fraction of sp³-hybridized carbons (Fsp3) is 0.909. The lowest BCUT2D eigenvalue weighted by atomic mass is 9.74. The number of aliphatic carboxylic acids is 1. The van der Waals surface area contributed by atoms with Crippen molar-refractivity contribution < 1.29 is 14.6 Å². The van der Waals surface area contributed by atoms with Gasteiger partial charge in [0.1, 0.15) is 0 Å². The molecule has 0 amide bonds. The second kappa shape index (κ2) is 4.94. The number of nitrogens with one attached hydrogen (secondary N) is 1. The maximum atomic E-state index is 11.1. The van der Waals surface area contributed by atoms with E-state index >= 15 is 0 Å². The highest BCUT2D eigenvalue weighted by Crippen LogP contribution is 2.34. The van der Waals surface area contributed by atoms with Gasteiger partial charge in [0, 0.05) is 6.61 Å². The number of piperidine rings is 1. The SMILES string of the molecule is O=C(O)[C@H]1COCC[C@H]1C1CCNCC1. The molecule has 4 heteroatoms. The van der Waals surface area contributed by atoms with Gasteiger partial charge in [0.2, 0.25) is 0 Å². The molecule has 2 aliphatic rings. The zero-order valence-corrected chi connectivity index (χ0v) is 8.95. The number of carbonyl (C=O) groups is 1. The van der Waals surface area contributed by atoms with Gasteiger partial charge in [0.15, 0.2) is 0 Å². The Hall–Kier alpha value is -0.610. The Balaban J connectivity index is 1.99. The van der Waals surface area contributed by atoms with Crippen LogP contribution in [-0.4, -0.2) is 37.4 Å². The van der Waals surface area contributed by atoms with Crippen molar-refractivity contribution in [2.75, 3.05) is 26.3 Å². The third kappa shape index (κ3) is 2.49. The van der Waals surface area contributed by atoms with Crippen LogP contribution >= 0.6 is 0 Å². The van der Waals surface area contributed by atoms with Crippen LogP contribution in [-0.2, 0) is 9.53 Å². The quantitative estimate of drug-likeness (QED) is 0.709. The molecule has 0 aromatic rings. The molecule has 2 aliphatic heterocycles. The first-order valence-corrected chi connectivity index (χ1v) is 5.80. The third-order valence-corrected chi connectivity index (χ3v) is 3.72. The van der Waals surface area contributed by atoms with E-state index in [0.29, 0.717) is 18.4 Å². The van der Waals surface area contributed by atoms with Crippen LogP contribution in [0, 0.1) is 17.8 Å². The Morgan fingerprint density at radius 2 is 2.00 bits per heavy atom. The lowest BCUT2D eigenvalue weighted by Crippen LogP contribution is -2.41. The predicted octanol–water partition coefficient (Wildman–Crippen LogP) is 0.723. The molecular formula is C11H19NO3. The summed E-state index contributed by atoms with van der Waals surface area (Å²) >= 11 is 0. The molecule has 2 saturated heterocycles. The van der Waals surface area contributed by atoms with E-state index in [2.05, 4.69) is 5.32 Å². The summed E-state index contributed by atoms with van der Waals surface area (Å²) in [5, 5.41) is 12.5. The Morgan fingerprint density at radius 3 is 2.67 bits per heavy atom. The fourth-order valence-corrected chi connectivity index (χ4v) is 2.85. The average molecular weight is 213 g/mol. The topological polar surface area (TPSA) is 58.6 Å². The summed E-state index contributed by atoms with van der Waals surface area (Å²) < 4.78 is 5.27. The van der Waals surface area contributed by atoms with E-state index < -0.39 is 5.97 Å². The van der Waals surface area contributed by atoms with Crippen LogP contribution in [0.15, 0.2) is 0 Å². The second-order valence-electron chi connectivity index (χ2n) is 4.56. The van der Waals surface area contributed by atoms with Gasteiger partial charge in [0.05, 0.1) is 12.5 Å². The van der Waals surface area contributed by atoms with Crippen molar-refractivity contribution in [3.8, 4) is 0 Å². The Labute approximate surface area is 90.0 Å². The summed E-state index contributed by atoms with van der Waals surface area (Å²) in [7, 11) is 0. The minimum Gasteiger partial charge on any atom is -0.481 e. The zero-order chi connectivity index (χ0) is 10.7. The van der Waals surface area contributed by atoms with Crippen molar-refractivity contribution in [3.05, 3.63) is 0 Å². The van der Waals surface area contributed by atoms with Gasteiger partial charge in [-0.05, 0) is 44.2 Å². The lowest BCUT2D eigenvalue weighted by molar-refractivity contribution is -0.151. The molecule has 15 heavy (non-hydrogen) atoms. The third-order valence-electron chi connectivity index (χ3n) is 3.72. The van der Waals surface area contributed by atoms with Gasteiger partial charge in [-0.15, -0.1) is 0 Å². The average Bonchev–Trinajstić information content (AvgIpc) is 2.30. The van der Waals surface area contributed by atoms with Crippen molar-refractivity contribution in [3.63, 3.8) is 0 Å². The predicted molar refractivity (Wildman–Crippen MR) is 55.6 cm³/mol. The molecule has 0 saturated carbocycles. The molecule has 4 nitrogen and oxygen atoms in total. The van der Waals surface area contributed by atoms with Crippen LogP contribution in [0.5, 0.6) is 0 Å². The van der Waals surface area contributed by atoms with E-state index in [1.54, 1.807) is 0 Å². The molecule has 0 aliphatic carbocycles. The Kier molecular flexibility index (Phi) is 3.59. The maximum Gasteiger partial charge on any atom is 0.309 e. The highest BCUT2D eigenvalue weighted by molar-refractivity contribution is 5.70. The second-order valence-corrected chi connectivity index (χ2v) is 4.56. The molecule has 2 atom stereocenters. The first-order valence-electron chi connectivity index (χ1n) is 5.80. The van der Waals surface area contributed by atoms with Crippen LogP contribution < -0.4 is 5.32 Å². The van der Waals surface area contributed by atoms with E-state index in [4.69, 9.17) is 9.84 Å². The molecule has 0 aromatic carbocycles. The van der Waals surface area contributed by atoms with Gasteiger partial charge in [0.25, 0.3) is 0 Å². The van der Waals surface area contributed by atoms with Crippen LogP contribution in [0.3, 0.4) is 0 Å². The van der Waals surface area contributed by atoms with E-state index in [0.717, 1.165) is 39.0 Å². The number of hydrogen-bond donors (Lipinski definition) is 2.